The first-order chi connectivity index (χ1) is 8.70. The molecule has 94 valence electrons. The number of para-hydroxylation sites is 2. The van der Waals surface area contributed by atoms with Crippen LogP contribution < -0.4 is 9.47 Å². The number of carbonyl (C=O) groups is 1. The average molecular weight is 265 g/mol. The van der Waals surface area contributed by atoms with Gasteiger partial charge in [-0.05, 0) is 29.7 Å². The summed E-state index contributed by atoms with van der Waals surface area (Å²) in [5.74, 6) is 0.257. The van der Waals surface area contributed by atoms with Crippen LogP contribution in [0.5, 0.6) is 11.5 Å². The Labute approximate surface area is 108 Å². The molecule has 5 nitrogen and oxygen atoms in total. The van der Waals surface area contributed by atoms with Crippen LogP contribution >= 0.6 is 11.5 Å². The summed E-state index contributed by atoms with van der Waals surface area (Å²) in [6.45, 7) is 0.212. The Kier molecular flexibility index (Phi) is 3.78. The van der Waals surface area contributed by atoms with Gasteiger partial charge in [-0.2, -0.15) is 4.37 Å². The SMILES string of the molecule is COc1ccccc1OCc1cc(C(=O)O)sn1. The lowest BCUT2D eigenvalue weighted by molar-refractivity contribution is 0.0702. The number of ether oxygens (including phenoxy) is 2. The van der Waals surface area contributed by atoms with Gasteiger partial charge in [0.05, 0.1) is 12.8 Å². The fourth-order valence-corrected chi connectivity index (χ4v) is 1.96. The molecule has 0 aliphatic carbocycles. The normalized spacial score (nSPS) is 10.1. The monoisotopic (exact) mass is 265 g/mol. The molecule has 1 heterocycles. The van der Waals surface area contributed by atoms with Gasteiger partial charge in [0.15, 0.2) is 11.5 Å². The molecule has 2 aromatic rings. The summed E-state index contributed by atoms with van der Waals surface area (Å²) in [7, 11) is 1.56. The number of hydrogen-bond donors (Lipinski definition) is 1. The lowest BCUT2D eigenvalue weighted by Gasteiger charge is -2.08. The summed E-state index contributed by atoms with van der Waals surface area (Å²) in [5, 5.41) is 8.78. The zero-order valence-electron chi connectivity index (χ0n) is 9.62. The van der Waals surface area contributed by atoms with Gasteiger partial charge in [-0.15, -0.1) is 0 Å². The lowest BCUT2D eigenvalue weighted by Crippen LogP contribution is -1.97. The molecule has 1 N–H and O–H groups in total. The molecule has 0 fully saturated rings. The van der Waals surface area contributed by atoms with E-state index in [1.807, 2.05) is 12.1 Å². The van der Waals surface area contributed by atoms with Crippen molar-refractivity contribution in [3.8, 4) is 11.5 Å². The Morgan fingerprint density at radius 2 is 2.11 bits per heavy atom. The summed E-state index contributed by atoms with van der Waals surface area (Å²) >= 11 is 0.942. The smallest absolute Gasteiger partial charge is 0.347 e. The third-order valence-corrected chi connectivity index (χ3v) is 3.03. The topological polar surface area (TPSA) is 68.7 Å². The van der Waals surface area contributed by atoms with Crippen LogP contribution in [-0.4, -0.2) is 22.6 Å². The van der Waals surface area contributed by atoms with E-state index in [2.05, 4.69) is 4.37 Å². The highest BCUT2D eigenvalue weighted by Gasteiger charge is 2.10. The van der Waals surface area contributed by atoms with Crippen LogP contribution in [0.25, 0.3) is 0 Å². The Morgan fingerprint density at radius 3 is 2.72 bits per heavy atom. The number of rotatable bonds is 5. The first kappa shape index (κ1) is 12.4. The molecular weight excluding hydrogens is 254 g/mol. The molecule has 6 heteroatoms. The predicted octanol–water partition coefficient (Wildman–Crippen LogP) is 2.43. The van der Waals surface area contributed by atoms with Crippen molar-refractivity contribution in [3.05, 3.63) is 40.9 Å². The maximum atomic E-state index is 10.7. The third-order valence-electron chi connectivity index (χ3n) is 2.21. The molecule has 2 rings (SSSR count). The Hall–Kier alpha value is -2.08. The van der Waals surface area contributed by atoms with E-state index in [-0.39, 0.29) is 11.5 Å². The van der Waals surface area contributed by atoms with Crippen LogP contribution in [0.3, 0.4) is 0 Å². The molecule has 0 saturated heterocycles. The minimum Gasteiger partial charge on any atom is -0.493 e. The van der Waals surface area contributed by atoms with E-state index in [4.69, 9.17) is 14.6 Å². The van der Waals surface area contributed by atoms with Crippen molar-refractivity contribution in [2.24, 2.45) is 0 Å². The molecule has 0 amide bonds. The maximum Gasteiger partial charge on any atom is 0.347 e. The molecule has 0 saturated carbocycles. The average Bonchev–Trinajstić information content (AvgIpc) is 2.85. The molecule has 1 aromatic heterocycles. The zero-order chi connectivity index (χ0) is 13.0. The molecule has 1 aromatic carbocycles. The fourth-order valence-electron chi connectivity index (χ4n) is 1.37. The predicted molar refractivity (Wildman–Crippen MR) is 66.4 cm³/mol. The molecule has 0 radical (unpaired) electrons. The van der Waals surface area contributed by atoms with Gasteiger partial charge < -0.3 is 14.6 Å². The van der Waals surface area contributed by atoms with Gasteiger partial charge in [-0.3, -0.25) is 0 Å². The van der Waals surface area contributed by atoms with Crippen molar-refractivity contribution >= 4 is 17.5 Å². The van der Waals surface area contributed by atoms with E-state index in [1.54, 1.807) is 19.2 Å². The minimum absolute atomic E-state index is 0.202. The van der Waals surface area contributed by atoms with Crippen LogP contribution in [0, 0.1) is 0 Å². The summed E-state index contributed by atoms with van der Waals surface area (Å²) in [6.07, 6.45) is 0. The van der Waals surface area contributed by atoms with Crippen molar-refractivity contribution in [2.45, 2.75) is 6.61 Å². The highest BCUT2D eigenvalue weighted by molar-refractivity contribution is 7.08. The van der Waals surface area contributed by atoms with Crippen molar-refractivity contribution in [1.82, 2.24) is 4.37 Å². The number of aromatic carboxylic acids is 1. The molecule has 0 unspecified atom stereocenters. The Bertz CT molecular complexity index is 553. The van der Waals surface area contributed by atoms with E-state index in [9.17, 15) is 4.79 Å². The minimum atomic E-state index is -0.976. The van der Waals surface area contributed by atoms with Crippen molar-refractivity contribution < 1.29 is 19.4 Å². The molecule has 0 bridgehead atoms. The summed E-state index contributed by atoms with van der Waals surface area (Å²) in [6, 6.07) is 8.75. The van der Waals surface area contributed by atoms with Crippen LogP contribution in [-0.2, 0) is 6.61 Å². The second-order valence-electron chi connectivity index (χ2n) is 3.43. The van der Waals surface area contributed by atoms with E-state index in [1.165, 1.54) is 6.07 Å². The first-order valence-electron chi connectivity index (χ1n) is 5.15. The number of hydrogen-bond acceptors (Lipinski definition) is 5. The second kappa shape index (κ2) is 5.50. The number of carboxylic acid groups (broad SMARTS) is 1. The van der Waals surface area contributed by atoms with Crippen molar-refractivity contribution in [3.63, 3.8) is 0 Å². The quantitative estimate of drug-likeness (QED) is 0.899. The zero-order valence-corrected chi connectivity index (χ0v) is 10.4. The van der Waals surface area contributed by atoms with Gasteiger partial charge in [0.1, 0.15) is 11.5 Å². The van der Waals surface area contributed by atoms with E-state index < -0.39 is 5.97 Å². The molecule has 0 aliphatic heterocycles. The first-order valence-corrected chi connectivity index (χ1v) is 5.92. The number of nitrogens with zero attached hydrogens (tertiary/aromatic N) is 1. The van der Waals surface area contributed by atoms with Gasteiger partial charge in [0.2, 0.25) is 0 Å². The van der Waals surface area contributed by atoms with Crippen molar-refractivity contribution in [2.75, 3.05) is 7.11 Å². The molecule has 18 heavy (non-hydrogen) atoms. The summed E-state index contributed by atoms with van der Waals surface area (Å²) in [5.41, 5.74) is 0.586. The summed E-state index contributed by atoms with van der Waals surface area (Å²) in [4.78, 5) is 10.9. The molecule has 0 aliphatic rings. The van der Waals surface area contributed by atoms with Crippen LogP contribution in [0.2, 0.25) is 0 Å². The second-order valence-corrected chi connectivity index (χ2v) is 4.23. The van der Waals surface area contributed by atoms with Crippen LogP contribution in [0.4, 0.5) is 0 Å². The van der Waals surface area contributed by atoms with Gasteiger partial charge in [0.25, 0.3) is 0 Å². The number of aromatic nitrogens is 1. The van der Waals surface area contributed by atoms with Gasteiger partial charge in [-0.1, -0.05) is 12.1 Å². The molecular formula is C12H11NO4S. The van der Waals surface area contributed by atoms with E-state index in [0.717, 1.165) is 11.5 Å². The number of carboxylic acids is 1. The highest BCUT2D eigenvalue weighted by atomic mass is 32.1. The van der Waals surface area contributed by atoms with Gasteiger partial charge >= 0.3 is 5.97 Å². The number of benzene rings is 1. The Balaban J connectivity index is 2.04. The van der Waals surface area contributed by atoms with Crippen molar-refractivity contribution in [1.29, 1.82) is 0 Å². The highest BCUT2D eigenvalue weighted by Crippen LogP contribution is 2.26. The largest absolute Gasteiger partial charge is 0.493 e. The van der Waals surface area contributed by atoms with Gasteiger partial charge in [0, 0.05) is 0 Å². The number of methoxy groups -OCH3 is 1. The van der Waals surface area contributed by atoms with E-state index in [0.29, 0.717) is 17.2 Å². The van der Waals surface area contributed by atoms with Gasteiger partial charge in [-0.25, -0.2) is 4.79 Å². The van der Waals surface area contributed by atoms with E-state index >= 15 is 0 Å². The fraction of sp³-hybridized carbons (Fsp3) is 0.167. The van der Waals surface area contributed by atoms with Crippen LogP contribution in [0.15, 0.2) is 30.3 Å². The summed E-state index contributed by atoms with van der Waals surface area (Å²) < 4.78 is 14.7. The Morgan fingerprint density at radius 1 is 1.39 bits per heavy atom. The maximum absolute atomic E-state index is 10.7. The standard InChI is InChI=1S/C12H11NO4S/c1-16-9-4-2-3-5-10(9)17-7-8-6-11(12(14)15)18-13-8/h2-6H,7H2,1H3,(H,14,15). The lowest BCUT2D eigenvalue weighted by atomic mass is 10.3. The molecule has 0 atom stereocenters. The van der Waals surface area contributed by atoms with Crippen LogP contribution in [0.1, 0.15) is 15.4 Å². The third kappa shape index (κ3) is 2.78. The molecule has 0 spiro atoms.